The maximum atomic E-state index is 4.85. The largest absolute Gasteiger partial charge is 0.478 e. The van der Waals surface area contributed by atoms with Gasteiger partial charge in [-0.2, -0.15) is 7.11 Å². The second-order valence-corrected chi connectivity index (χ2v) is 1.33. The van der Waals surface area contributed by atoms with E-state index in [-0.39, 0.29) is 0 Å². The molecule has 0 unspecified atom stereocenters. The molecule has 0 aliphatic heterocycles. The molecule has 0 amide bonds. The molecule has 0 rings (SSSR count). The van der Waals surface area contributed by atoms with E-state index >= 15 is 0 Å². The zero-order chi connectivity index (χ0) is 10.2. The summed E-state index contributed by atoms with van der Waals surface area (Å²) in [6, 6.07) is 0. The third kappa shape index (κ3) is 1190. The number of hydrogen-bond acceptors (Lipinski definition) is 5. The molecule has 5 nitrogen and oxygen atoms in total. The van der Waals surface area contributed by atoms with E-state index in [4.69, 9.17) is 5.73 Å². The molecule has 14 heavy (non-hydrogen) atoms. The molecule has 0 aromatic rings. The summed E-state index contributed by atoms with van der Waals surface area (Å²) in [6.07, 6.45) is 0. The van der Waals surface area contributed by atoms with Gasteiger partial charge in [-0.3, -0.25) is 4.89 Å². The number of rotatable bonds is 3. The maximum absolute atomic E-state index is 4.85. The zero-order valence-corrected chi connectivity index (χ0v) is 22.3. The average molecular weight is 714 g/mol. The second kappa shape index (κ2) is 71.8. The van der Waals surface area contributed by atoms with Gasteiger partial charge in [-0.1, -0.05) is 13.8 Å². The topological polar surface area (TPSA) is 65.7 Å². The van der Waals surface area contributed by atoms with E-state index in [0.717, 1.165) is 13.1 Å². The van der Waals surface area contributed by atoms with Gasteiger partial charge < -0.3 is 15.5 Å². The standard InChI is InChI=1S/C3H8NO.C2H7N.C2H5O2.2Rf/c1-3-4-5-2;1-2-3;1-3-4-2;;/h4H,2-3H2,1H3;2-3H2,1H3;1H2,2H3;;/q-1;;-1;;. The van der Waals surface area contributed by atoms with E-state index in [1.165, 1.54) is 7.11 Å². The van der Waals surface area contributed by atoms with Gasteiger partial charge in [-0.05, 0) is 6.54 Å². The van der Waals surface area contributed by atoms with Crippen LogP contribution in [0.3, 0.4) is 0 Å². The number of nitrogens with two attached hydrogens (primary N) is 1. The summed E-state index contributed by atoms with van der Waals surface area (Å²) in [7, 11) is 7.34. The van der Waals surface area contributed by atoms with Crippen LogP contribution in [-0.2, 0) is 14.6 Å². The van der Waals surface area contributed by atoms with E-state index in [0.29, 0.717) is 0 Å². The van der Waals surface area contributed by atoms with Crippen LogP contribution in [0.5, 0.6) is 0 Å². The van der Waals surface area contributed by atoms with Gasteiger partial charge >= 0.3 is 0 Å². The number of hydrogen-bond donors (Lipinski definition) is 2. The van der Waals surface area contributed by atoms with Crippen molar-refractivity contribution in [1.29, 1.82) is 0 Å². The smallest absolute Gasteiger partial charge is 0.0677 e. The zero-order valence-electron chi connectivity index (χ0n) is 9.54. The van der Waals surface area contributed by atoms with E-state index in [1.54, 1.807) is 0 Å². The molecular formula is C7H20N2O3Rf2-2. The van der Waals surface area contributed by atoms with Crippen LogP contribution < -0.4 is 11.2 Å². The maximum Gasteiger partial charge on any atom is 0.0677 e. The Morgan fingerprint density at radius 1 is 1.21 bits per heavy atom. The Labute approximate surface area is 75.1 Å². The summed E-state index contributed by atoms with van der Waals surface area (Å²) >= 11 is 0. The quantitative estimate of drug-likeness (QED) is 0.256. The van der Waals surface area contributed by atoms with Crippen LogP contribution in [0.4, 0.5) is 0 Å². The first-order valence-corrected chi connectivity index (χ1v) is 3.53. The van der Waals surface area contributed by atoms with Crippen LogP contribution in [-0.4, -0.2) is 20.2 Å². The molecule has 0 aromatic carbocycles. The molecule has 0 aliphatic rings. The Bertz CT molecular complexity index is 51.9. The molecule has 3 N–H and O–H groups in total. The minimum Gasteiger partial charge on any atom is -0.478 e. The molecule has 0 saturated carbocycles. The van der Waals surface area contributed by atoms with Gasteiger partial charge in [0, 0.05) is 6.54 Å². The van der Waals surface area contributed by atoms with Crippen LogP contribution in [0.2, 0.25) is 0 Å². The van der Waals surface area contributed by atoms with Crippen LogP contribution in [0, 0.1) is 14.2 Å². The van der Waals surface area contributed by atoms with Crippen molar-refractivity contribution in [2.45, 2.75) is 13.8 Å². The molecule has 0 spiro atoms. The minimum absolute atomic E-state index is 0. The monoisotopic (exact) mass is 714 g/mol. The Kier molecular flexibility index (Phi) is 153. The summed E-state index contributed by atoms with van der Waals surface area (Å²) in [6.45, 7) is 5.40. The third-order valence-corrected chi connectivity index (χ3v) is 0.364. The van der Waals surface area contributed by atoms with Crippen molar-refractivity contribution in [2.75, 3.05) is 20.2 Å². The molecule has 0 heterocycles. The summed E-state index contributed by atoms with van der Waals surface area (Å²) in [4.78, 5) is 11.9. The Morgan fingerprint density at radius 2 is 1.50 bits per heavy atom. The first-order chi connectivity index (χ1) is 5.74. The minimum atomic E-state index is 0. The molecule has 0 saturated heterocycles. The van der Waals surface area contributed by atoms with Gasteiger partial charge in [0.15, 0.2) is 0 Å². The predicted molar refractivity (Wildman–Crippen MR) is 48.3 cm³/mol. The van der Waals surface area contributed by atoms with Crippen molar-refractivity contribution < 1.29 is 14.6 Å². The summed E-state index contributed by atoms with van der Waals surface area (Å²) in [5, 5.41) is 0. The van der Waals surface area contributed by atoms with Crippen LogP contribution in [0.25, 0.3) is 0 Å². The fraction of sp³-hybridized carbons (Fsp3) is 0.714. The van der Waals surface area contributed by atoms with Gasteiger partial charge in [-0.15, -0.1) is 0 Å². The van der Waals surface area contributed by atoms with E-state index in [9.17, 15) is 0 Å². The number of hydroxylamine groups is 1. The fourth-order valence-corrected chi connectivity index (χ4v) is 0.102. The molecule has 82 valence electrons. The normalized spacial score (nSPS) is 6.43. The van der Waals surface area contributed by atoms with Crippen LogP contribution >= 0.6 is 0 Å². The van der Waals surface area contributed by atoms with Crippen molar-refractivity contribution in [3.8, 4) is 0 Å². The first kappa shape index (κ1) is 29.8. The molecular weight excluding hydrogens is 694 g/mol. The van der Waals surface area contributed by atoms with Crippen LogP contribution in [0.1, 0.15) is 13.8 Å². The van der Waals surface area contributed by atoms with E-state index in [2.05, 4.69) is 34.3 Å². The van der Waals surface area contributed by atoms with Crippen molar-refractivity contribution in [3.05, 3.63) is 14.2 Å². The Hall–Kier alpha value is -2.20. The third-order valence-electron chi connectivity index (χ3n) is 0.364. The predicted octanol–water partition coefficient (Wildman–Crippen LogP) is 0.640. The van der Waals surface area contributed by atoms with Gasteiger partial charge in [0.25, 0.3) is 0 Å². The van der Waals surface area contributed by atoms with Gasteiger partial charge in [0.1, 0.15) is 0 Å². The second-order valence-electron chi connectivity index (χ2n) is 1.33. The molecule has 0 bridgehead atoms. The molecule has 0 fully saturated rings. The SMILES string of the molecule is CCN.[CH2-]ONCC.[CH2-]OOC.[Rf].[Rf]. The fourth-order valence-electron chi connectivity index (χ4n) is 0.102. The molecule has 0 radical (unpaired) electrons. The molecule has 7 heteroatoms. The Morgan fingerprint density at radius 3 is 1.50 bits per heavy atom. The number of nitrogens with one attached hydrogen (secondary N) is 1. The van der Waals surface area contributed by atoms with Crippen molar-refractivity contribution in [2.24, 2.45) is 5.73 Å². The van der Waals surface area contributed by atoms with Crippen molar-refractivity contribution in [3.63, 3.8) is 0 Å². The Balaban J connectivity index is -0.0000000278. The molecule has 0 aromatic heterocycles. The van der Waals surface area contributed by atoms with E-state index in [1.807, 2.05) is 13.8 Å². The van der Waals surface area contributed by atoms with Gasteiger partial charge in [-0.25, -0.2) is 12.6 Å². The molecule has 0 aliphatic carbocycles. The van der Waals surface area contributed by atoms with Crippen molar-refractivity contribution in [1.82, 2.24) is 5.48 Å². The first-order valence-electron chi connectivity index (χ1n) is 3.53. The molecule has 0 atom stereocenters. The summed E-state index contributed by atoms with van der Waals surface area (Å²) < 4.78 is 0. The average Bonchev–Trinajstić information content (AvgIpc) is 2.08. The summed E-state index contributed by atoms with van der Waals surface area (Å²) in [5.41, 5.74) is 7.35. The van der Waals surface area contributed by atoms with E-state index < -0.39 is 0 Å². The van der Waals surface area contributed by atoms with Gasteiger partial charge in [0.2, 0.25) is 0 Å². The van der Waals surface area contributed by atoms with Gasteiger partial charge in [0.05, 0.1) is 7.11 Å². The van der Waals surface area contributed by atoms with Crippen molar-refractivity contribution >= 4 is 0 Å². The summed E-state index contributed by atoms with van der Waals surface area (Å²) in [5.74, 6) is 0. The van der Waals surface area contributed by atoms with Crippen LogP contribution in [0.15, 0.2) is 0 Å².